The molecular weight excluding hydrogens is 316 g/mol. The first-order chi connectivity index (χ1) is 12.2. The normalized spacial score (nSPS) is 22.2. The molecule has 3 rings (SSSR count). The molecule has 138 valence electrons. The Morgan fingerprint density at radius 3 is 2.84 bits per heavy atom. The number of amides is 2. The molecule has 5 heteroatoms. The van der Waals surface area contributed by atoms with Crippen molar-refractivity contribution in [1.82, 2.24) is 10.2 Å². The molecule has 2 amide bonds. The van der Waals surface area contributed by atoms with Gasteiger partial charge in [0.15, 0.2) is 0 Å². The minimum atomic E-state index is -0.0213. The number of carbonyl (C=O) groups is 1. The lowest BCUT2D eigenvalue weighted by Gasteiger charge is -2.32. The van der Waals surface area contributed by atoms with E-state index in [1.54, 1.807) is 7.11 Å². The average Bonchev–Trinajstić information content (AvgIpc) is 3.30. The number of aliphatic hydroxyl groups excluding tert-OH is 1. The fraction of sp³-hybridized carbons (Fsp3) is 0.650. The second kappa shape index (κ2) is 8.09. The van der Waals surface area contributed by atoms with Crippen LogP contribution in [0, 0.1) is 5.92 Å². The molecule has 1 unspecified atom stereocenters. The van der Waals surface area contributed by atoms with Crippen molar-refractivity contribution in [2.45, 2.75) is 43.9 Å². The molecule has 1 aromatic rings. The molecule has 0 radical (unpaired) electrons. The Bertz CT molecular complexity index is 584. The fourth-order valence-corrected chi connectivity index (χ4v) is 4.47. The number of ether oxygens (including phenoxy) is 1. The van der Waals surface area contributed by atoms with Crippen LogP contribution in [-0.2, 0) is 5.41 Å². The summed E-state index contributed by atoms with van der Waals surface area (Å²) in [6, 6.07) is 8.23. The number of urea groups is 1. The van der Waals surface area contributed by atoms with Crippen molar-refractivity contribution < 1.29 is 14.6 Å². The smallest absolute Gasteiger partial charge is 0.317 e. The third-order valence-electron chi connectivity index (χ3n) is 5.93. The molecule has 2 aliphatic rings. The Morgan fingerprint density at radius 2 is 2.12 bits per heavy atom. The highest BCUT2D eigenvalue weighted by atomic mass is 16.5. The zero-order valence-electron chi connectivity index (χ0n) is 15.2. The lowest BCUT2D eigenvalue weighted by molar-refractivity contribution is 0.200. The van der Waals surface area contributed by atoms with E-state index in [2.05, 4.69) is 17.4 Å². The van der Waals surface area contributed by atoms with Gasteiger partial charge in [-0.15, -0.1) is 0 Å². The molecule has 1 saturated carbocycles. The maximum atomic E-state index is 12.6. The van der Waals surface area contributed by atoms with Crippen LogP contribution in [0.3, 0.4) is 0 Å². The number of methoxy groups -OCH3 is 1. The number of nitrogens with one attached hydrogen (secondary N) is 1. The van der Waals surface area contributed by atoms with Gasteiger partial charge in [-0.3, -0.25) is 0 Å². The molecule has 0 bridgehead atoms. The van der Waals surface area contributed by atoms with Gasteiger partial charge in [0.05, 0.1) is 7.11 Å². The summed E-state index contributed by atoms with van der Waals surface area (Å²) in [7, 11) is 1.71. The Kier molecular flexibility index (Phi) is 5.84. The molecule has 5 nitrogen and oxygen atoms in total. The topological polar surface area (TPSA) is 61.8 Å². The predicted molar refractivity (Wildman–Crippen MR) is 97.9 cm³/mol. The summed E-state index contributed by atoms with van der Waals surface area (Å²) in [5, 5.41) is 12.3. The van der Waals surface area contributed by atoms with Gasteiger partial charge in [0, 0.05) is 37.2 Å². The van der Waals surface area contributed by atoms with Crippen LogP contribution >= 0.6 is 0 Å². The molecule has 2 fully saturated rings. The number of aliphatic hydroxyl groups is 1. The second-order valence-electron chi connectivity index (χ2n) is 7.46. The van der Waals surface area contributed by atoms with Crippen molar-refractivity contribution in [3.63, 3.8) is 0 Å². The monoisotopic (exact) mass is 346 g/mol. The minimum Gasteiger partial charge on any atom is -0.496 e. The number of para-hydroxylation sites is 1. The van der Waals surface area contributed by atoms with Crippen molar-refractivity contribution in [1.29, 1.82) is 0 Å². The molecule has 25 heavy (non-hydrogen) atoms. The van der Waals surface area contributed by atoms with Gasteiger partial charge in [-0.05, 0) is 37.7 Å². The van der Waals surface area contributed by atoms with Crippen LogP contribution in [-0.4, -0.2) is 49.4 Å². The van der Waals surface area contributed by atoms with E-state index in [9.17, 15) is 4.79 Å². The highest BCUT2D eigenvalue weighted by Gasteiger charge is 2.38. The van der Waals surface area contributed by atoms with E-state index in [4.69, 9.17) is 9.84 Å². The Balaban J connectivity index is 1.66. The number of rotatable bonds is 6. The minimum absolute atomic E-state index is 0.0213. The average molecular weight is 346 g/mol. The van der Waals surface area contributed by atoms with Crippen molar-refractivity contribution in [2.24, 2.45) is 5.92 Å². The molecule has 1 aromatic carbocycles. The van der Waals surface area contributed by atoms with Crippen LogP contribution in [0.4, 0.5) is 4.79 Å². The van der Waals surface area contributed by atoms with Crippen LogP contribution < -0.4 is 10.1 Å². The van der Waals surface area contributed by atoms with E-state index in [1.165, 1.54) is 18.4 Å². The summed E-state index contributed by atoms with van der Waals surface area (Å²) in [5.74, 6) is 1.35. The Labute approximate surface area is 150 Å². The highest BCUT2D eigenvalue weighted by molar-refractivity contribution is 5.74. The number of hydrogen-bond donors (Lipinski definition) is 2. The van der Waals surface area contributed by atoms with Gasteiger partial charge in [-0.25, -0.2) is 4.79 Å². The summed E-state index contributed by atoms with van der Waals surface area (Å²) in [5.41, 5.74) is 1.20. The Hall–Kier alpha value is -1.75. The molecule has 1 heterocycles. The number of nitrogens with zero attached hydrogens (tertiary/aromatic N) is 1. The van der Waals surface area contributed by atoms with Crippen LogP contribution in [0.1, 0.15) is 44.1 Å². The zero-order chi connectivity index (χ0) is 17.7. The van der Waals surface area contributed by atoms with Gasteiger partial charge in [-0.1, -0.05) is 31.0 Å². The summed E-state index contributed by atoms with van der Waals surface area (Å²) >= 11 is 0. The van der Waals surface area contributed by atoms with E-state index >= 15 is 0 Å². The van der Waals surface area contributed by atoms with Crippen molar-refractivity contribution >= 4 is 6.03 Å². The molecule has 1 atom stereocenters. The second-order valence-corrected chi connectivity index (χ2v) is 7.46. The maximum Gasteiger partial charge on any atom is 0.317 e. The van der Waals surface area contributed by atoms with E-state index in [0.29, 0.717) is 12.5 Å². The highest BCUT2D eigenvalue weighted by Crippen LogP contribution is 2.44. The lowest BCUT2D eigenvalue weighted by atomic mass is 9.78. The quantitative estimate of drug-likeness (QED) is 0.832. The molecule has 1 aliphatic heterocycles. The largest absolute Gasteiger partial charge is 0.496 e. The van der Waals surface area contributed by atoms with Crippen molar-refractivity contribution in [3.05, 3.63) is 29.8 Å². The van der Waals surface area contributed by atoms with Gasteiger partial charge in [0.2, 0.25) is 0 Å². The summed E-state index contributed by atoms with van der Waals surface area (Å²) in [4.78, 5) is 14.5. The molecule has 0 aromatic heterocycles. The fourth-order valence-electron chi connectivity index (χ4n) is 4.47. The third kappa shape index (κ3) is 3.92. The summed E-state index contributed by atoms with van der Waals surface area (Å²) in [6.07, 6.45) is 6.33. The van der Waals surface area contributed by atoms with Crippen LogP contribution in [0.25, 0.3) is 0 Å². The van der Waals surface area contributed by atoms with Crippen LogP contribution in [0.2, 0.25) is 0 Å². The van der Waals surface area contributed by atoms with Gasteiger partial charge >= 0.3 is 6.03 Å². The molecule has 1 aliphatic carbocycles. The summed E-state index contributed by atoms with van der Waals surface area (Å²) in [6.45, 7) is 2.41. The number of likely N-dealkylation sites (tertiary alicyclic amines) is 1. The first kappa shape index (κ1) is 18.1. The molecule has 1 saturated heterocycles. The van der Waals surface area contributed by atoms with Gasteiger partial charge < -0.3 is 20.1 Å². The molecule has 2 N–H and O–H groups in total. The zero-order valence-corrected chi connectivity index (χ0v) is 15.2. The van der Waals surface area contributed by atoms with E-state index in [0.717, 1.165) is 44.5 Å². The SMILES string of the molecule is COc1ccccc1C1(CNC(=O)N2CCC(CCO)C2)CCCC1. The standard InChI is InChI=1S/C20H30N2O3/c1-25-18-7-3-2-6-17(18)20(10-4-5-11-20)15-21-19(24)22-12-8-16(14-22)9-13-23/h2-3,6-7,16,23H,4-5,8-15H2,1H3,(H,21,24). The summed E-state index contributed by atoms with van der Waals surface area (Å²) < 4.78 is 5.58. The molecular formula is C20H30N2O3. The van der Waals surface area contributed by atoms with E-state index in [-0.39, 0.29) is 18.1 Å². The lowest BCUT2D eigenvalue weighted by Crippen LogP contribution is -2.45. The van der Waals surface area contributed by atoms with E-state index < -0.39 is 0 Å². The van der Waals surface area contributed by atoms with Crippen molar-refractivity contribution in [2.75, 3.05) is 33.4 Å². The van der Waals surface area contributed by atoms with Crippen LogP contribution in [0.5, 0.6) is 5.75 Å². The number of benzene rings is 1. The first-order valence-corrected chi connectivity index (χ1v) is 9.46. The third-order valence-corrected chi connectivity index (χ3v) is 5.93. The predicted octanol–water partition coefficient (Wildman–Crippen LogP) is 2.92. The van der Waals surface area contributed by atoms with Crippen molar-refractivity contribution in [3.8, 4) is 5.75 Å². The maximum absolute atomic E-state index is 12.6. The first-order valence-electron chi connectivity index (χ1n) is 9.46. The van der Waals surface area contributed by atoms with Gasteiger partial charge in [0.1, 0.15) is 5.75 Å². The van der Waals surface area contributed by atoms with Gasteiger partial charge in [-0.2, -0.15) is 0 Å². The number of carbonyl (C=O) groups excluding carboxylic acids is 1. The van der Waals surface area contributed by atoms with E-state index in [1.807, 2.05) is 17.0 Å². The number of hydrogen-bond acceptors (Lipinski definition) is 3. The Morgan fingerprint density at radius 1 is 1.36 bits per heavy atom. The van der Waals surface area contributed by atoms with Crippen LogP contribution in [0.15, 0.2) is 24.3 Å². The molecule has 0 spiro atoms. The van der Waals surface area contributed by atoms with Gasteiger partial charge in [0.25, 0.3) is 0 Å².